The van der Waals surface area contributed by atoms with Crippen LogP contribution in [0.2, 0.25) is 0 Å². The number of cyclic esters (lactones) is 1. The van der Waals surface area contributed by atoms with Crippen molar-refractivity contribution in [2.24, 2.45) is 22.8 Å². The minimum atomic E-state index is -1.35. The Hall–Kier alpha value is -3.74. The number of aliphatic hydroxyl groups is 1. The SMILES string of the molecule is C/C(=C\C=C\[C@@]1(C)OC(=O)[C@]23CC=C(C(=O)OCc4ccco4)CC[C@]2(O)[C@H]1CC3)C(=O)O.NCCCCC(N)C(=O)O. The van der Waals surface area contributed by atoms with Gasteiger partial charge in [0.1, 0.15) is 29.4 Å². The lowest BCUT2D eigenvalue weighted by atomic mass is 9.62. The Labute approximate surface area is 250 Å². The molecule has 0 radical (unpaired) electrons. The van der Waals surface area contributed by atoms with Gasteiger partial charge in [-0.05, 0) is 83.5 Å². The number of furan rings is 1. The van der Waals surface area contributed by atoms with Crippen LogP contribution in [-0.2, 0) is 35.3 Å². The lowest BCUT2D eigenvalue weighted by molar-refractivity contribution is -0.224. The zero-order valence-corrected chi connectivity index (χ0v) is 24.6. The highest BCUT2D eigenvalue weighted by atomic mass is 16.6. The van der Waals surface area contributed by atoms with Gasteiger partial charge in [0.2, 0.25) is 0 Å². The van der Waals surface area contributed by atoms with Crippen LogP contribution in [0.4, 0.5) is 0 Å². The van der Waals surface area contributed by atoms with Crippen molar-refractivity contribution in [3.8, 4) is 0 Å². The summed E-state index contributed by atoms with van der Waals surface area (Å²) in [5.74, 6) is -2.81. The van der Waals surface area contributed by atoms with Crippen LogP contribution < -0.4 is 11.5 Å². The van der Waals surface area contributed by atoms with Crippen molar-refractivity contribution in [3.63, 3.8) is 0 Å². The zero-order chi connectivity index (χ0) is 31.8. The highest BCUT2D eigenvalue weighted by molar-refractivity contribution is 5.89. The van der Waals surface area contributed by atoms with Gasteiger partial charge in [-0.2, -0.15) is 0 Å². The van der Waals surface area contributed by atoms with Crippen LogP contribution in [0.3, 0.4) is 0 Å². The van der Waals surface area contributed by atoms with E-state index in [0.717, 1.165) is 12.8 Å². The van der Waals surface area contributed by atoms with Gasteiger partial charge in [0.05, 0.1) is 11.9 Å². The topological polar surface area (TPSA) is 213 Å². The van der Waals surface area contributed by atoms with E-state index in [1.54, 1.807) is 37.3 Å². The number of ether oxygens (including phenoxy) is 2. The fraction of sp³-hybridized carbons (Fsp3) is 0.548. The number of carboxylic acid groups (broad SMARTS) is 2. The standard InChI is InChI=1S/C25H28O8.C6H14N2O2/c1-16(20(26)27)5-3-10-23(2)19-9-12-24(22(29)33-23)11-7-17(8-13-25(19,24)30)21(28)32-15-18-6-4-14-31-18;7-4-2-1-3-5(8)6(9)10/h3-7,10,14,19,30H,8-9,11-13,15H2,1-2H3,(H,26,27);5H,1-4,7-8H2,(H,9,10)/b10-3+,16-5+;/t19-,23+,24+,25-;/m0./s1. The van der Waals surface area contributed by atoms with Crippen molar-refractivity contribution in [2.45, 2.75) is 89.1 Å². The quantitative estimate of drug-likeness (QED) is 0.107. The first kappa shape index (κ1) is 33.8. The first-order valence-electron chi connectivity index (χ1n) is 14.4. The largest absolute Gasteiger partial charge is 0.480 e. The minimum Gasteiger partial charge on any atom is -0.480 e. The molecular weight excluding hydrogens is 560 g/mol. The monoisotopic (exact) mass is 602 g/mol. The molecule has 0 aromatic carbocycles. The molecule has 1 aromatic heterocycles. The number of aliphatic carboxylic acids is 2. The van der Waals surface area contributed by atoms with E-state index in [-0.39, 0.29) is 37.4 Å². The van der Waals surface area contributed by atoms with Gasteiger partial charge in [-0.15, -0.1) is 0 Å². The van der Waals surface area contributed by atoms with Gasteiger partial charge in [-0.1, -0.05) is 24.6 Å². The lowest BCUT2D eigenvalue weighted by Crippen LogP contribution is -2.63. The average molecular weight is 603 g/mol. The molecule has 12 nitrogen and oxygen atoms in total. The maximum atomic E-state index is 13.3. The Bertz CT molecular complexity index is 1270. The van der Waals surface area contributed by atoms with Crippen LogP contribution in [0.1, 0.15) is 71.0 Å². The summed E-state index contributed by atoms with van der Waals surface area (Å²) >= 11 is 0. The number of carboxylic acids is 2. The number of unbranched alkanes of at least 4 members (excludes halogenated alkanes) is 1. The van der Waals surface area contributed by atoms with Gasteiger partial charge in [0.15, 0.2) is 0 Å². The molecule has 5 atom stereocenters. The van der Waals surface area contributed by atoms with Crippen LogP contribution in [0.5, 0.6) is 0 Å². The zero-order valence-electron chi connectivity index (χ0n) is 24.6. The molecule has 1 aliphatic heterocycles. The summed E-state index contributed by atoms with van der Waals surface area (Å²) in [4.78, 5) is 47.1. The number of rotatable bonds is 11. The third-order valence-corrected chi connectivity index (χ3v) is 8.72. The molecule has 2 bridgehead atoms. The highest BCUT2D eigenvalue weighted by Crippen LogP contribution is 2.63. The molecule has 4 rings (SSSR count). The third-order valence-electron chi connectivity index (χ3n) is 8.72. The Morgan fingerprint density at radius 1 is 1.23 bits per heavy atom. The molecule has 236 valence electrons. The van der Waals surface area contributed by atoms with E-state index in [2.05, 4.69) is 0 Å². The van der Waals surface area contributed by atoms with Crippen LogP contribution >= 0.6 is 0 Å². The number of carbonyl (C=O) groups excluding carboxylic acids is 2. The third kappa shape index (κ3) is 7.43. The summed E-state index contributed by atoms with van der Waals surface area (Å²) < 4.78 is 16.4. The van der Waals surface area contributed by atoms with Crippen LogP contribution in [0.15, 0.2) is 58.3 Å². The summed E-state index contributed by atoms with van der Waals surface area (Å²) in [6.45, 7) is 3.82. The van der Waals surface area contributed by atoms with Gasteiger partial charge < -0.3 is 40.7 Å². The van der Waals surface area contributed by atoms with E-state index < -0.39 is 46.5 Å². The Kier molecular flexibility index (Phi) is 11.1. The van der Waals surface area contributed by atoms with Crippen molar-refractivity contribution in [1.82, 2.24) is 0 Å². The number of hydrogen-bond acceptors (Lipinski definition) is 10. The van der Waals surface area contributed by atoms with Crippen molar-refractivity contribution < 1.29 is 48.4 Å². The van der Waals surface area contributed by atoms with Gasteiger partial charge in [0, 0.05) is 17.1 Å². The van der Waals surface area contributed by atoms with E-state index in [4.69, 9.17) is 35.6 Å². The number of hydrogen-bond donors (Lipinski definition) is 5. The number of carbonyl (C=O) groups is 4. The molecule has 1 unspecified atom stereocenters. The molecule has 12 heteroatoms. The Balaban J connectivity index is 0.000000436. The molecule has 2 aliphatic carbocycles. The predicted molar refractivity (Wildman–Crippen MR) is 154 cm³/mol. The Morgan fingerprint density at radius 2 is 1.98 bits per heavy atom. The van der Waals surface area contributed by atoms with Gasteiger partial charge in [-0.25, -0.2) is 9.59 Å². The van der Waals surface area contributed by atoms with Crippen LogP contribution in [-0.4, -0.2) is 63.0 Å². The van der Waals surface area contributed by atoms with Gasteiger partial charge >= 0.3 is 23.9 Å². The fourth-order valence-corrected chi connectivity index (χ4v) is 6.13. The molecule has 2 fully saturated rings. The Morgan fingerprint density at radius 3 is 2.60 bits per heavy atom. The second-order valence-corrected chi connectivity index (χ2v) is 11.5. The molecule has 2 heterocycles. The van der Waals surface area contributed by atoms with E-state index in [9.17, 15) is 24.3 Å². The molecular formula is C31H42N2O10. The van der Waals surface area contributed by atoms with Crippen molar-refractivity contribution in [3.05, 3.63) is 59.6 Å². The number of nitrogens with two attached hydrogens (primary N) is 2. The minimum absolute atomic E-state index is 0.00932. The summed E-state index contributed by atoms with van der Waals surface area (Å²) in [6, 6.07) is 2.70. The smallest absolute Gasteiger partial charge is 0.334 e. The normalized spacial score (nSPS) is 29.0. The molecule has 1 saturated carbocycles. The summed E-state index contributed by atoms with van der Waals surface area (Å²) in [7, 11) is 0. The van der Waals surface area contributed by atoms with E-state index >= 15 is 0 Å². The van der Waals surface area contributed by atoms with Gasteiger partial charge in [0.25, 0.3) is 0 Å². The van der Waals surface area contributed by atoms with Crippen molar-refractivity contribution in [1.29, 1.82) is 0 Å². The van der Waals surface area contributed by atoms with E-state index in [1.807, 2.05) is 0 Å². The molecule has 0 amide bonds. The van der Waals surface area contributed by atoms with E-state index in [1.165, 1.54) is 19.3 Å². The maximum absolute atomic E-state index is 13.3. The fourth-order valence-electron chi connectivity index (χ4n) is 6.13. The van der Waals surface area contributed by atoms with Crippen LogP contribution in [0.25, 0.3) is 0 Å². The predicted octanol–water partition coefficient (Wildman–Crippen LogP) is 2.99. The van der Waals surface area contributed by atoms with Crippen molar-refractivity contribution in [2.75, 3.05) is 6.54 Å². The average Bonchev–Trinajstić information content (AvgIpc) is 3.52. The molecule has 1 saturated heterocycles. The molecule has 1 aromatic rings. The molecule has 43 heavy (non-hydrogen) atoms. The maximum Gasteiger partial charge on any atom is 0.334 e. The lowest BCUT2D eigenvalue weighted by Gasteiger charge is -2.52. The van der Waals surface area contributed by atoms with Crippen LogP contribution in [0, 0.1) is 11.3 Å². The molecule has 3 aliphatic rings. The second kappa shape index (κ2) is 14.2. The first-order valence-corrected chi connectivity index (χ1v) is 14.4. The highest BCUT2D eigenvalue weighted by Gasteiger charge is 2.71. The van der Waals surface area contributed by atoms with E-state index in [0.29, 0.717) is 37.1 Å². The number of allylic oxidation sites excluding steroid dienone is 3. The molecule has 7 N–H and O–H groups in total. The summed E-state index contributed by atoms with van der Waals surface area (Å²) in [6.07, 6.45) is 11.7. The second-order valence-electron chi connectivity index (χ2n) is 11.5. The number of esters is 2. The first-order chi connectivity index (χ1) is 20.3. The van der Waals surface area contributed by atoms with Gasteiger partial charge in [-0.3, -0.25) is 9.59 Å². The molecule has 0 spiro atoms. The summed E-state index contributed by atoms with van der Waals surface area (Å²) in [5, 5.41) is 29.3. The van der Waals surface area contributed by atoms with Crippen molar-refractivity contribution >= 4 is 23.9 Å². The summed E-state index contributed by atoms with van der Waals surface area (Å²) in [5.41, 5.74) is 7.43.